The minimum absolute atomic E-state index is 0.0134. The van der Waals surface area contributed by atoms with E-state index < -0.39 is 40.1 Å². The maximum atomic E-state index is 12.6. The molecule has 7 atom stereocenters. The number of fused-ring (bicyclic) bond motifs is 5. The highest BCUT2D eigenvalue weighted by Gasteiger charge is 2.74. The number of carbonyl (C=O) groups is 3. The van der Waals surface area contributed by atoms with Gasteiger partial charge < -0.3 is 20.1 Å². The van der Waals surface area contributed by atoms with Gasteiger partial charge in [-0.05, 0) is 83.3 Å². The first kappa shape index (κ1) is 24.1. The lowest BCUT2D eigenvalue weighted by Gasteiger charge is -2.62. The summed E-state index contributed by atoms with van der Waals surface area (Å²) in [6, 6.07) is 0. The van der Waals surface area contributed by atoms with Gasteiger partial charge in [0.05, 0.1) is 11.0 Å². The molecular formula is C26H36O7. The van der Waals surface area contributed by atoms with E-state index in [2.05, 4.69) is 6.92 Å². The average Bonchev–Trinajstić information content (AvgIpc) is 2.93. The number of carboxylic acids is 1. The van der Waals surface area contributed by atoms with Gasteiger partial charge in [-0.2, -0.15) is 0 Å². The molecule has 0 aromatic rings. The summed E-state index contributed by atoms with van der Waals surface area (Å²) in [6.45, 7) is 8.76. The second-order valence-electron chi connectivity index (χ2n) is 12.0. The Kier molecular flexibility index (Phi) is 5.31. The van der Waals surface area contributed by atoms with Crippen LogP contribution in [0.3, 0.4) is 0 Å². The molecule has 182 valence electrons. The fourth-order valence-corrected chi connectivity index (χ4v) is 7.28. The Balaban J connectivity index is 1.71. The summed E-state index contributed by atoms with van der Waals surface area (Å²) >= 11 is 0. The van der Waals surface area contributed by atoms with E-state index in [0.717, 1.165) is 5.57 Å². The topological polar surface area (TPSA) is 121 Å². The molecule has 7 nitrogen and oxygen atoms in total. The fourth-order valence-electron chi connectivity index (χ4n) is 7.28. The minimum atomic E-state index is -1.89. The molecule has 0 aromatic carbocycles. The number of hydrogen-bond donors (Lipinski definition) is 3. The Labute approximate surface area is 194 Å². The van der Waals surface area contributed by atoms with Crippen molar-refractivity contribution >= 4 is 17.7 Å². The molecule has 0 bridgehead atoms. The molecule has 33 heavy (non-hydrogen) atoms. The number of ketones is 1. The first-order valence-corrected chi connectivity index (χ1v) is 11.9. The van der Waals surface area contributed by atoms with E-state index in [4.69, 9.17) is 4.74 Å². The van der Waals surface area contributed by atoms with Gasteiger partial charge in [-0.3, -0.25) is 9.59 Å². The van der Waals surface area contributed by atoms with Gasteiger partial charge in [-0.1, -0.05) is 25.5 Å². The van der Waals surface area contributed by atoms with E-state index in [-0.39, 0.29) is 35.9 Å². The highest BCUT2D eigenvalue weighted by atomic mass is 16.6. The van der Waals surface area contributed by atoms with Crippen molar-refractivity contribution in [2.24, 2.45) is 28.1 Å². The van der Waals surface area contributed by atoms with Crippen molar-refractivity contribution in [1.29, 1.82) is 0 Å². The zero-order valence-electron chi connectivity index (χ0n) is 20.2. The zero-order chi connectivity index (χ0) is 24.6. The molecule has 0 heterocycles. The van der Waals surface area contributed by atoms with Crippen molar-refractivity contribution in [3.63, 3.8) is 0 Å². The molecule has 0 spiro atoms. The normalized spacial score (nSPS) is 43.1. The number of rotatable bonds is 3. The number of ether oxygens (including phenoxy) is 1. The van der Waals surface area contributed by atoms with Crippen LogP contribution in [0.1, 0.15) is 73.1 Å². The van der Waals surface area contributed by atoms with Crippen molar-refractivity contribution in [3.8, 4) is 0 Å². The molecule has 4 aliphatic carbocycles. The van der Waals surface area contributed by atoms with Gasteiger partial charge in [0.1, 0.15) is 5.60 Å². The molecule has 1 unspecified atom stereocenters. The molecule has 0 aliphatic heterocycles. The van der Waals surface area contributed by atoms with Crippen molar-refractivity contribution < 1.29 is 34.4 Å². The predicted octanol–water partition coefficient (Wildman–Crippen LogP) is 3.18. The van der Waals surface area contributed by atoms with Crippen molar-refractivity contribution in [2.75, 3.05) is 0 Å². The third kappa shape index (κ3) is 3.18. The lowest BCUT2D eigenvalue weighted by molar-refractivity contribution is -0.244. The van der Waals surface area contributed by atoms with Crippen LogP contribution in [0.4, 0.5) is 0 Å². The third-order valence-electron chi connectivity index (χ3n) is 9.45. The molecule has 0 radical (unpaired) electrons. The highest BCUT2D eigenvalue weighted by Crippen LogP contribution is 2.69. The van der Waals surface area contributed by atoms with Gasteiger partial charge in [0.15, 0.2) is 5.78 Å². The Morgan fingerprint density at radius 2 is 1.76 bits per heavy atom. The quantitative estimate of drug-likeness (QED) is 0.553. The molecule has 3 fully saturated rings. The Morgan fingerprint density at radius 3 is 2.36 bits per heavy atom. The number of aliphatic hydroxyl groups is 2. The molecule has 4 rings (SSSR count). The van der Waals surface area contributed by atoms with Crippen LogP contribution in [0.5, 0.6) is 0 Å². The van der Waals surface area contributed by atoms with E-state index in [0.29, 0.717) is 25.7 Å². The van der Waals surface area contributed by atoms with Crippen molar-refractivity contribution in [2.45, 2.75) is 90.4 Å². The number of esters is 1. The van der Waals surface area contributed by atoms with Crippen LogP contribution in [-0.4, -0.2) is 50.3 Å². The summed E-state index contributed by atoms with van der Waals surface area (Å²) in [6.07, 6.45) is 6.16. The van der Waals surface area contributed by atoms with Gasteiger partial charge >= 0.3 is 11.9 Å². The van der Waals surface area contributed by atoms with Crippen LogP contribution in [0.25, 0.3) is 0 Å². The standard InChI is InChI=1S/C26H36O7/c1-22(2,3)21(30)33-19(20(28)29)26(32)13-12-25(31)18-7-6-15-14-16(27)8-10-23(15,4)17(18)9-11-24(25,26)5/h8,10,14,17-19,31-32H,6-7,9,11-13H2,1-5H3,(H,28,29)/t17-,18+,19-,23-,24-,25?,26-/m0/s1. The molecule has 3 N–H and O–H groups in total. The largest absolute Gasteiger partial charge is 0.478 e. The van der Waals surface area contributed by atoms with E-state index >= 15 is 0 Å². The van der Waals surface area contributed by atoms with Crippen LogP contribution in [-0.2, 0) is 19.1 Å². The van der Waals surface area contributed by atoms with E-state index in [9.17, 15) is 29.7 Å². The van der Waals surface area contributed by atoms with Gasteiger partial charge in [-0.15, -0.1) is 0 Å². The first-order valence-electron chi connectivity index (χ1n) is 11.9. The summed E-state index contributed by atoms with van der Waals surface area (Å²) in [5, 5.41) is 34.1. The van der Waals surface area contributed by atoms with E-state index in [1.54, 1.807) is 39.8 Å². The van der Waals surface area contributed by atoms with Crippen LogP contribution in [0.15, 0.2) is 23.8 Å². The summed E-state index contributed by atoms with van der Waals surface area (Å²) in [5.41, 5.74) is -4.55. The zero-order valence-corrected chi connectivity index (χ0v) is 20.2. The second-order valence-corrected chi connectivity index (χ2v) is 12.0. The highest BCUT2D eigenvalue weighted by molar-refractivity contribution is 6.01. The number of aliphatic carboxylic acids is 1. The predicted molar refractivity (Wildman–Crippen MR) is 120 cm³/mol. The van der Waals surface area contributed by atoms with Crippen molar-refractivity contribution in [1.82, 2.24) is 0 Å². The monoisotopic (exact) mass is 460 g/mol. The van der Waals surface area contributed by atoms with Crippen LogP contribution >= 0.6 is 0 Å². The fraction of sp³-hybridized carbons (Fsp3) is 0.731. The maximum absolute atomic E-state index is 12.6. The van der Waals surface area contributed by atoms with E-state index in [1.165, 1.54) is 0 Å². The summed E-state index contributed by atoms with van der Waals surface area (Å²) in [4.78, 5) is 36.8. The van der Waals surface area contributed by atoms with Gasteiger partial charge in [-0.25, -0.2) is 4.79 Å². The second kappa shape index (κ2) is 7.25. The number of carbonyl (C=O) groups excluding carboxylic acids is 2. The molecule has 0 amide bonds. The van der Waals surface area contributed by atoms with Gasteiger partial charge in [0, 0.05) is 10.8 Å². The van der Waals surface area contributed by atoms with Crippen LogP contribution in [0, 0.1) is 28.1 Å². The number of allylic oxidation sites excluding steroid dienone is 4. The number of carboxylic acid groups (broad SMARTS) is 1. The van der Waals surface area contributed by atoms with E-state index in [1.807, 2.05) is 6.08 Å². The molecule has 7 heteroatoms. The minimum Gasteiger partial charge on any atom is -0.478 e. The maximum Gasteiger partial charge on any atom is 0.348 e. The summed E-state index contributed by atoms with van der Waals surface area (Å²) in [7, 11) is 0. The molecule has 0 saturated heterocycles. The molecule has 3 saturated carbocycles. The number of hydrogen-bond acceptors (Lipinski definition) is 6. The average molecular weight is 461 g/mol. The SMILES string of the molecule is CC(C)(C)C(=O)O[C@@H](C(=O)O)[C@@]1(O)CCC2(O)[C@@H]3CCC4=CC(=O)C=C[C@]4(C)[C@H]3CC[C@@]21C. The lowest BCUT2D eigenvalue weighted by Crippen LogP contribution is -2.68. The van der Waals surface area contributed by atoms with Crippen molar-refractivity contribution in [3.05, 3.63) is 23.8 Å². The Morgan fingerprint density at radius 1 is 1.09 bits per heavy atom. The summed E-state index contributed by atoms with van der Waals surface area (Å²) < 4.78 is 5.42. The molecule has 0 aromatic heterocycles. The smallest absolute Gasteiger partial charge is 0.348 e. The lowest BCUT2D eigenvalue weighted by atomic mass is 9.45. The molecule has 4 aliphatic rings. The summed E-state index contributed by atoms with van der Waals surface area (Å²) in [5.74, 6) is -2.22. The third-order valence-corrected chi connectivity index (χ3v) is 9.45. The van der Waals surface area contributed by atoms with Gasteiger partial charge in [0.2, 0.25) is 6.10 Å². The Bertz CT molecular complexity index is 958. The van der Waals surface area contributed by atoms with Gasteiger partial charge in [0.25, 0.3) is 0 Å². The first-order chi connectivity index (χ1) is 15.1. The van der Waals surface area contributed by atoms with Crippen LogP contribution < -0.4 is 0 Å². The Hall–Kier alpha value is -1.99. The molecular weight excluding hydrogens is 424 g/mol. The van der Waals surface area contributed by atoms with Crippen LogP contribution in [0.2, 0.25) is 0 Å².